The van der Waals surface area contributed by atoms with Crippen LogP contribution < -0.4 is 4.90 Å². The Balaban J connectivity index is 1.57. The van der Waals surface area contributed by atoms with E-state index in [9.17, 15) is 9.90 Å². The highest BCUT2D eigenvalue weighted by atomic mass is 16.5. The number of nitrogens with one attached hydrogen (secondary N) is 2. The highest BCUT2D eigenvalue weighted by Crippen LogP contribution is 2.23. The molecule has 3 rings (SSSR count). The minimum absolute atomic E-state index is 0.0314. The van der Waals surface area contributed by atoms with Crippen LogP contribution in [0.15, 0.2) is 30.5 Å². The maximum atomic E-state index is 11.8. The Morgan fingerprint density at radius 3 is 2.87 bits per heavy atom. The lowest BCUT2D eigenvalue weighted by atomic mass is 9.96. The first-order valence-electron chi connectivity index (χ1n) is 8.43. The third kappa shape index (κ3) is 3.57. The van der Waals surface area contributed by atoms with Crippen LogP contribution in [0.5, 0.6) is 0 Å². The van der Waals surface area contributed by atoms with Gasteiger partial charge in [0.25, 0.3) is 0 Å². The van der Waals surface area contributed by atoms with Gasteiger partial charge in [-0.25, -0.2) is 0 Å². The number of H-pyrrole nitrogens is 1. The highest BCUT2D eigenvalue weighted by Gasteiger charge is 2.30. The zero-order valence-corrected chi connectivity index (χ0v) is 13.5. The number of hydrogen-bond donors (Lipinski definition) is 3. The molecule has 0 aliphatic carbocycles. The van der Waals surface area contributed by atoms with E-state index in [0.717, 1.165) is 42.4 Å². The molecule has 5 nitrogen and oxygen atoms in total. The number of piperidine rings is 1. The van der Waals surface area contributed by atoms with E-state index in [1.165, 1.54) is 4.90 Å². The summed E-state index contributed by atoms with van der Waals surface area (Å²) in [6.07, 6.45) is 3.10. The van der Waals surface area contributed by atoms with Gasteiger partial charge in [-0.2, -0.15) is 0 Å². The molecule has 1 aliphatic heterocycles. The Hall–Kier alpha value is -1.85. The van der Waals surface area contributed by atoms with E-state index in [2.05, 4.69) is 4.98 Å². The molecule has 23 heavy (non-hydrogen) atoms. The van der Waals surface area contributed by atoms with Crippen LogP contribution in [-0.4, -0.2) is 42.3 Å². The van der Waals surface area contributed by atoms with E-state index in [1.807, 2.05) is 37.4 Å². The molecule has 0 saturated carbocycles. The number of hydrogen-bond acceptors (Lipinski definition) is 3. The van der Waals surface area contributed by atoms with Gasteiger partial charge in [0.15, 0.2) is 0 Å². The number of aromatic nitrogens is 1. The van der Waals surface area contributed by atoms with Crippen molar-refractivity contribution >= 4 is 16.9 Å². The van der Waals surface area contributed by atoms with Gasteiger partial charge < -0.3 is 19.7 Å². The van der Waals surface area contributed by atoms with Crippen molar-refractivity contribution in [1.82, 2.24) is 4.98 Å². The number of aliphatic hydroxyl groups is 1. The number of esters is 1. The Morgan fingerprint density at radius 2 is 2.13 bits per heavy atom. The first-order chi connectivity index (χ1) is 11.2. The minimum atomic E-state index is -0.486. The zero-order valence-electron chi connectivity index (χ0n) is 13.5. The number of carbonyl (C=O) groups is 1. The Labute approximate surface area is 136 Å². The predicted molar refractivity (Wildman–Crippen MR) is 88.2 cm³/mol. The summed E-state index contributed by atoms with van der Waals surface area (Å²) in [7, 11) is 0. The summed E-state index contributed by atoms with van der Waals surface area (Å²) in [5.41, 5.74) is 2.01. The lowest BCUT2D eigenvalue weighted by Gasteiger charge is -2.29. The standard InChI is InChI=1S/C18H24N2O3/c1-2-23-18(22)13-7-9-20(10-8-13)12-17(21)15-11-19-16-6-4-3-5-14(15)16/h3-6,11,13,17,19,21H,2,7-10,12H2,1H3/p+1/t17-/m0/s1. The lowest BCUT2D eigenvalue weighted by Crippen LogP contribution is -3.13. The quantitative estimate of drug-likeness (QED) is 0.723. The van der Waals surface area contributed by atoms with E-state index >= 15 is 0 Å². The van der Waals surface area contributed by atoms with Crippen molar-refractivity contribution in [3.05, 3.63) is 36.0 Å². The van der Waals surface area contributed by atoms with Crippen molar-refractivity contribution in [2.75, 3.05) is 26.2 Å². The molecule has 1 aliphatic rings. The summed E-state index contributed by atoms with van der Waals surface area (Å²) in [5.74, 6) is -0.0346. The molecule has 0 spiro atoms. The van der Waals surface area contributed by atoms with Crippen molar-refractivity contribution < 1.29 is 19.5 Å². The molecule has 1 saturated heterocycles. The Kier molecular flexibility index (Phi) is 4.98. The molecule has 0 radical (unpaired) electrons. The maximum absolute atomic E-state index is 11.8. The minimum Gasteiger partial charge on any atom is -0.466 e. The largest absolute Gasteiger partial charge is 0.466 e. The van der Waals surface area contributed by atoms with Crippen molar-refractivity contribution in [3.63, 3.8) is 0 Å². The summed E-state index contributed by atoms with van der Waals surface area (Å²) >= 11 is 0. The molecule has 124 valence electrons. The van der Waals surface area contributed by atoms with E-state index in [1.54, 1.807) is 0 Å². The molecule has 0 amide bonds. The van der Waals surface area contributed by atoms with Crippen molar-refractivity contribution in [2.24, 2.45) is 5.92 Å². The molecule has 2 heterocycles. The number of para-hydroxylation sites is 1. The first-order valence-corrected chi connectivity index (χ1v) is 8.43. The number of carbonyl (C=O) groups excluding carboxylic acids is 1. The van der Waals surface area contributed by atoms with E-state index in [4.69, 9.17) is 4.74 Å². The van der Waals surface area contributed by atoms with Gasteiger partial charge in [-0.1, -0.05) is 18.2 Å². The Morgan fingerprint density at radius 1 is 1.39 bits per heavy atom. The van der Waals surface area contributed by atoms with Gasteiger partial charge in [0.1, 0.15) is 12.6 Å². The summed E-state index contributed by atoms with van der Waals surface area (Å²) < 4.78 is 5.10. The second kappa shape index (κ2) is 7.15. The first kappa shape index (κ1) is 16.0. The topological polar surface area (TPSA) is 66.8 Å². The van der Waals surface area contributed by atoms with Crippen LogP contribution in [0.2, 0.25) is 0 Å². The van der Waals surface area contributed by atoms with Gasteiger partial charge >= 0.3 is 5.97 Å². The van der Waals surface area contributed by atoms with Crippen LogP contribution >= 0.6 is 0 Å². The summed E-state index contributed by atoms with van der Waals surface area (Å²) in [6, 6.07) is 8.03. The number of likely N-dealkylation sites (tertiary alicyclic amines) is 1. The van der Waals surface area contributed by atoms with E-state index in [-0.39, 0.29) is 11.9 Å². The van der Waals surface area contributed by atoms with Crippen molar-refractivity contribution in [2.45, 2.75) is 25.9 Å². The number of aromatic amines is 1. The number of aliphatic hydroxyl groups excluding tert-OH is 1. The van der Waals surface area contributed by atoms with E-state index in [0.29, 0.717) is 13.2 Å². The fourth-order valence-electron chi connectivity index (χ4n) is 3.48. The molecule has 0 unspecified atom stereocenters. The number of fused-ring (bicyclic) bond motifs is 1. The van der Waals surface area contributed by atoms with Crippen LogP contribution in [0, 0.1) is 5.92 Å². The third-order valence-electron chi connectivity index (χ3n) is 4.77. The number of ether oxygens (including phenoxy) is 1. The smallest absolute Gasteiger partial charge is 0.309 e. The van der Waals surface area contributed by atoms with Gasteiger partial charge in [-0.15, -0.1) is 0 Å². The molecule has 1 aromatic carbocycles. The van der Waals surface area contributed by atoms with Crippen molar-refractivity contribution in [3.8, 4) is 0 Å². The molecule has 2 aromatic rings. The van der Waals surface area contributed by atoms with Gasteiger partial charge in [-0.05, 0) is 13.0 Å². The van der Waals surface area contributed by atoms with Gasteiger partial charge in [-0.3, -0.25) is 4.79 Å². The Bertz CT molecular complexity index is 659. The normalized spacial score (nSPS) is 22.9. The lowest BCUT2D eigenvalue weighted by molar-refractivity contribution is -0.909. The number of quaternary nitrogens is 1. The fourth-order valence-corrected chi connectivity index (χ4v) is 3.48. The molecule has 3 N–H and O–H groups in total. The van der Waals surface area contributed by atoms with Crippen LogP contribution in [0.3, 0.4) is 0 Å². The highest BCUT2D eigenvalue weighted by molar-refractivity contribution is 5.83. The summed E-state index contributed by atoms with van der Waals surface area (Å²) in [6.45, 7) is 4.78. The van der Waals surface area contributed by atoms with E-state index < -0.39 is 6.10 Å². The molecule has 1 fully saturated rings. The van der Waals surface area contributed by atoms with Crippen molar-refractivity contribution in [1.29, 1.82) is 0 Å². The predicted octanol–water partition coefficient (Wildman–Crippen LogP) is 1.06. The monoisotopic (exact) mass is 317 g/mol. The zero-order chi connectivity index (χ0) is 16.2. The van der Waals surface area contributed by atoms with Gasteiger partial charge in [0.05, 0.1) is 25.6 Å². The average molecular weight is 317 g/mol. The van der Waals surface area contributed by atoms with Crippen LogP contribution in [0.1, 0.15) is 31.4 Å². The number of benzene rings is 1. The maximum Gasteiger partial charge on any atom is 0.309 e. The molecule has 5 heteroatoms. The summed E-state index contributed by atoms with van der Waals surface area (Å²) in [5, 5.41) is 11.7. The molecular weight excluding hydrogens is 292 g/mol. The average Bonchev–Trinajstić information content (AvgIpc) is 3.00. The number of rotatable bonds is 5. The van der Waals surface area contributed by atoms with Crippen LogP contribution in [0.4, 0.5) is 0 Å². The molecule has 1 atom stereocenters. The SMILES string of the molecule is CCOC(=O)C1CC[NH+](C[C@H](O)c2c[nH]c3ccccc23)CC1. The van der Waals surface area contributed by atoms with Gasteiger partial charge in [0.2, 0.25) is 0 Å². The molecule has 1 aromatic heterocycles. The second-order valence-corrected chi connectivity index (χ2v) is 6.29. The third-order valence-corrected chi connectivity index (χ3v) is 4.77. The second-order valence-electron chi connectivity index (χ2n) is 6.29. The van der Waals surface area contributed by atoms with Crippen LogP contribution in [0.25, 0.3) is 10.9 Å². The molecule has 0 bridgehead atoms. The summed E-state index contributed by atoms with van der Waals surface area (Å²) in [4.78, 5) is 16.3. The fraction of sp³-hybridized carbons (Fsp3) is 0.500. The van der Waals surface area contributed by atoms with Crippen LogP contribution in [-0.2, 0) is 9.53 Å². The molecular formula is C18H25N2O3+. The van der Waals surface area contributed by atoms with Gasteiger partial charge in [0, 0.05) is 35.5 Å².